The molecule has 0 saturated heterocycles. The quantitative estimate of drug-likeness (QED) is 0.860. The zero-order chi connectivity index (χ0) is 15.5. The van der Waals surface area contributed by atoms with E-state index in [2.05, 4.69) is 4.98 Å². The Hall–Kier alpha value is -1.53. The molecule has 2 N–H and O–H groups in total. The number of thioether (sulfide) groups is 1. The Morgan fingerprint density at radius 3 is 2.62 bits per heavy atom. The van der Waals surface area contributed by atoms with E-state index < -0.39 is 17.8 Å². The van der Waals surface area contributed by atoms with E-state index in [9.17, 15) is 13.2 Å². The van der Waals surface area contributed by atoms with Gasteiger partial charge < -0.3 is 5.73 Å². The van der Waals surface area contributed by atoms with Crippen LogP contribution < -0.4 is 5.73 Å². The SMILES string of the molecule is Cc1ccccc1SCC(N)c1cnccc1C(F)(F)F. The van der Waals surface area contributed by atoms with Crippen molar-refractivity contribution in [2.75, 3.05) is 5.75 Å². The Balaban J connectivity index is 2.15. The lowest BCUT2D eigenvalue weighted by molar-refractivity contribution is -0.138. The topological polar surface area (TPSA) is 38.9 Å². The van der Waals surface area contributed by atoms with Gasteiger partial charge in [0.1, 0.15) is 0 Å². The number of hydrogen-bond acceptors (Lipinski definition) is 3. The van der Waals surface area contributed by atoms with Crippen LogP contribution in [0.5, 0.6) is 0 Å². The van der Waals surface area contributed by atoms with Crippen molar-refractivity contribution in [1.29, 1.82) is 0 Å². The van der Waals surface area contributed by atoms with Crippen LogP contribution in [-0.4, -0.2) is 10.7 Å². The summed E-state index contributed by atoms with van der Waals surface area (Å²) < 4.78 is 38.8. The monoisotopic (exact) mass is 312 g/mol. The maximum Gasteiger partial charge on any atom is 0.416 e. The molecule has 21 heavy (non-hydrogen) atoms. The molecule has 112 valence electrons. The molecule has 0 amide bonds. The summed E-state index contributed by atoms with van der Waals surface area (Å²) in [5.41, 5.74) is 6.33. The lowest BCUT2D eigenvalue weighted by Gasteiger charge is -2.17. The minimum Gasteiger partial charge on any atom is -0.323 e. The van der Waals surface area contributed by atoms with Crippen molar-refractivity contribution in [2.24, 2.45) is 5.73 Å². The average Bonchev–Trinajstić information content (AvgIpc) is 2.45. The van der Waals surface area contributed by atoms with Crippen molar-refractivity contribution in [2.45, 2.75) is 24.0 Å². The molecular formula is C15H15F3N2S. The Morgan fingerprint density at radius 1 is 1.24 bits per heavy atom. The minimum absolute atomic E-state index is 0.0334. The maximum absolute atomic E-state index is 12.9. The third-order valence-corrected chi connectivity index (χ3v) is 4.36. The van der Waals surface area contributed by atoms with Gasteiger partial charge in [-0.1, -0.05) is 18.2 Å². The van der Waals surface area contributed by atoms with Gasteiger partial charge in [0.25, 0.3) is 0 Å². The number of alkyl halides is 3. The van der Waals surface area contributed by atoms with Gasteiger partial charge in [-0.05, 0) is 24.6 Å². The van der Waals surface area contributed by atoms with E-state index in [0.29, 0.717) is 5.75 Å². The smallest absolute Gasteiger partial charge is 0.323 e. The molecule has 1 heterocycles. The molecule has 0 radical (unpaired) electrons. The number of rotatable bonds is 4. The summed E-state index contributed by atoms with van der Waals surface area (Å²) in [6.45, 7) is 1.96. The molecule has 2 rings (SSSR count). The first-order valence-corrected chi connectivity index (χ1v) is 7.33. The van der Waals surface area contributed by atoms with Gasteiger partial charge in [-0.2, -0.15) is 13.2 Å². The van der Waals surface area contributed by atoms with E-state index in [1.165, 1.54) is 18.0 Å². The zero-order valence-corrected chi connectivity index (χ0v) is 12.2. The van der Waals surface area contributed by atoms with E-state index in [4.69, 9.17) is 5.73 Å². The van der Waals surface area contributed by atoms with Crippen molar-refractivity contribution >= 4 is 11.8 Å². The molecule has 0 bridgehead atoms. The van der Waals surface area contributed by atoms with Crippen molar-refractivity contribution in [3.05, 3.63) is 59.4 Å². The second-order valence-electron chi connectivity index (χ2n) is 4.64. The number of benzene rings is 1. The second kappa shape index (κ2) is 6.49. The summed E-state index contributed by atoms with van der Waals surface area (Å²) in [7, 11) is 0. The Labute approximate surface area is 125 Å². The molecule has 0 fully saturated rings. The van der Waals surface area contributed by atoms with Gasteiger partial charge in [-0.15, -0.1) is 11.8 Å². The van der Waals surface area contributed by atoms with Crippen LogP contribution in [0.15, 0.2) is 47.6 Å². The van der Waals surface area contributed by atoms with Crippen LogP contribution in [0.25, 0.3) is 0 Å². The lowest BCUT2D eigenvalue weighted by atomic mass is 10.0. The van der Waals surface area contributed by atoms with Crippen LogP contribution in [0.2, 0.25) is 0 Å². The van der Waals surface area contributed by atoms with Crippen LogP contribution in [0.1, 0.15) is 22.7 Å². The van der Waals surface area contributed by atoms with Crippen molar-refractivity contribution in [3.8, 4) is 0 Å². The van der Waals surface area contributed by atoms with E-state index >= 15 is 0 Å². The summed E-state index contributed by atoms with van der Waals surface area (Å²) in [6, 6.07) is 7.95. The van der Waals surface area contributed by atoms with Gasteiger partial charge >= 0.3 is 6.18 Å². The molecule has 1 unspecified atom stereocenters. The van der Waals surface area contributed by atoms with Gasteiger partial charge in [0.05, 0.1) is 5.56 Å². The molecule has 2 aromatic rings. The van der Waals surface area contributed by atoms with Gasteiger partial charge in [-0.3, -0.25) is 4.98 Å². The van der Waals surface area contributed by atoms with Gasteiger partial charge in [0.15, 0.2) is 0 Å². The fourth-order valence-corrected chi connectivity index (χ4v) is 2.96. The Morgan fingerprint density at radius 2 is 1.95 bits per heavy atom. The predicted molar refractivity (Wildman–Crippen MR) is 78.1 cm³/mol. The Kier molecular flexibility index (Phi) is 4.90. The number of nitrogens with two attached hydrogens (primary N) is 1. The molecule has 0 aliphatic rings. The molecule has 0 aliphatic carbocycles. The van der Waals surface area contributed by atoms with Crippen LogP contribution in [0.3, 0.4) is 0 Å². The van der Waals surface area contributed by atoms with Crippen molar-refractivity contribution in [3.63, 3.8) is 0 Å². The van der Waals surface area contributed by atoms with E-state index in [1.54, 1.807) is 0 Å². The third-order valence-electron chi connectivity index (χ3n) is 3.07. The molecule has 1 atom stereocenters. The highest BCUT2D eigenvalue weighted by Crippen LogP contribution is 2.35. The number of pyridine rings is 1. The zero-order valence-electron chi connectivity index (χ0n) is 11.4. The highest BCUT2D eigenvalue weighted by Gasteiger charge is 2.34. The van der Waals surface area contributed by atoms with Crippen molar-refractivity contribution in [1.82, 2.24) is 4.98 Å². The Bertz CT molecular complexity index is 614. The maximum atomic E-state index is 12.9. The highest BCUT2D eigenvalue weighted by atomic mass is 32.2. The van der Waals surface area contributed by atoms with Gasteiger partial charge in [0.2, 0.25) is 0 Å². The van der Waals surface area contributed by atoms with E-state index in [1.807, 2.05) is 31.2 Å². The van der Waals surface area contributed by atoms with Crippen LogP contribution in [0, 0.1) is 6.92 Å². The van der Waals surface area contributed by atoms with E-state index in [0.717, 1.165) is 22.7 Å². The number of halogens is 3. The summed E-state index contributed by atoms with van der Waals surface area (Å²) in [5, 5.41) is 0. The standard InChI is InChI=1S/C15H15F3N2S/c1-10-4-2-3-5-14(10)21-9-13(19)11-8-20-7-6-12(11)15(16,17)18/h2-8,13H,9,19H2,1H3. The number of nitrogens with zero attached hydrogens (tertiary/aromatic N) is 1. The molecule has 2 nitrogen and oxygen atoms in total. The van der Waals surface area contributed by atoms with Crippen LogP contribution in [-0.2, 0) is 6.18 Å². The molecule has 1 aromatic heterocycles. The number of aromatic nitrogens is 1. The largest absolute Gasteiger partial charge is 0.416 e. The summed E-state index contributed by atoms with van der Waals surface area (Å²) in [5.74, 6) is 0.361. The van der Waals surface area contributed by atoms with Crippen LogP contribution >= 0.6 is 11.8 Å². The fraction of sp³-hybridized carbons (Fsp3) is 0.267. The molecular weight excluding hydrogens is 297 g/mol. The van der Waals surface area contributed by atoms with Crippen LogP contribution in [0.4, 0.5) is 13.2 Å². The number of hydrogen-bond donors (Lipinski definition) is 1. The summed E-state index contributed by atoms with van der Waals surface area (Å²) in [6.07, 6.45) is -2.08. The minimum atomic E-state index is -4.41. The van der Waals surface area contributed by atoms with Crippen molar-refractivity contribution < 1.29 is 13.2 Å². The summed E-state index contributed by atoms with van der Waals surface area (Å²) >= 11 is 1.45. The highest BCUT2D eigenvalue weighted by molar-refractivity contribution is 7.99. The molecule has 0 saturated carbocycles. The molecule has 0 spiro atoms. The number of aryl methyl sites for hydroxylation is 1. The second-order valence-corrected chi connectivity index (χ2v) is 5.71. The normalized spacial score (nSPS) is 13.2. The fourth-order valence-electron chi connectivity index (χ4n) is 1.95. The molecule has 6 heteroatoms. The predicted octanol–water partition coefficient (Wildman–Crippen LogP) is 4.20. The van der Waals surface area contributed by atoms with Gasteiger partial charge in [0, 0.05) is 34.6 Å². The van der Waals surface area contributed by atoms with E-state index in [-0.39, 0.29) is 5.56 Å². The first kappa shape index (κ1) is 15.9. The first-order chi connectivity index (χ1) is 9.89. The lowest BCUT2D eigenvalue weighted by Crippen LogP contribution is -2.19. The molecule has 0 aliphatic heterocycles. The summed E-state index contributed by atoms with van der Waals surface area (Å²) in [4.78, 5) is 4.78. The third kappa shape index (κ3) is 3.98. The average molecular weight is 312 g/mol. The first-order valence-electron chi connectivity index (χ1n) is 6.34. The molecule has 1 aromatic carbocycles. The van der Waals surface area contributed by atoms with Gasteiger partial charge in [-0.25, -0.2) is 0 Å².